The van der Waals surface area contributed by atoms with Gasteiger partial charge in [0.15, 0.2) is 6.61 Å². The Morgan fingerprint density at radius 3 is 2.54 bits per heavy atom. The molecule has 28 heavy (non-hydrogen) atoms. The third-order valence-electron chi connectivity index (χ3n) is 3.83. The second-order valence-corrected chi connectivity index (χ2v) is 6.46. The predicted molar refractivity (Wildman–Crippen MR) is 98.4 cm³/mol. The Balaban J connectivity index is 1.76. The molecule has 0 aliphatic carbocycles. The van der Waals surface area contributed by atoms with Crippen LogP contribution in [0.25, 0.3) is 0 Å². The van der Waals surface area contributed by atoms with E-state index in [1.807, 2.05) is 0 Å². The fourth-order valence-corrected chi connectivity index (χ4v) is 2.49. The zero-order valence-electron chi connectivity index (χ0n) is 15.3. The van der Waals surface area contributed by atoms with Crippen LogP contribution in [0.1, 0.15) is 0 Å². The minimum Gasteiger partial charge on any atom is -0.454 e. The summed E-state index contributed by atoms with van der Waals surface area (Å²) >= 11 is 5.94. The number of imide groups is 1. The van der Waals surface area contributed by atoms with Gasteiger partial charge in [0.25, 0.3) is 11.8 Å². The van der Waals surface area contributed by atoms with Crippen LogP contribution in [0.4, 0.5) is 10.5 Å². The third kappa shape index (κ3) is 5.43. The first-order valence-electron chi connectivity index (χ1n) is 8.18. The summed E-state index contributed by atoms with van der Waals surface area (Å²) in [5.41, 5.74) is 0.409. The summed E-state index contributed by atoms with van der Waals surface area (Å²) in [6, 6.07) is 6.02. The average molecular weight is 411 g/mol. The van der Waals surface area contributed by atoms with E-state index in [9.17, 15) is 24.0 Å². The van der Waals surface area contributed by atoms with E-state index in [0.717, 1.165) is 14.7 Å². The highest BCUT2D eigenvalue weighted by atomic mass is 35.5. The molecule has 0 unspecified atom stereocenters. The van der Waals surface area contributed by atoms with E-state index in [-0.39, 0.29) is 13.1 Å². The Hall–Kier alpha value is -3.14. The summed E-state index contributed by atoms with van der Waals surface area (Å²) < 4.78 is 4.79. The number of para-hydroxylation sites is 1. The summed E-state index contributed by atoms with van der Waals surface area (Å²) in [6.07, 6.45) is 0. The maximum absolute atomic E-state index is 12.0. The molecule has 0 atom stereocenters. The highest BCUT2D eigenvalue weighted by molar-refractivity contribution is 6.33. The largest absolute Gasteiger partial charge is 0.454 e. The fraction of sp³-hybridized carbons (Fsp3) is 0.353. The van der Waals surface area contributed by atoms with Crippen LogP contribution in [0.3, 0.4) is 0 Å². The Bertz CT molecular complexity index is 815. The smallest absolute Gasteiger partial charge is 0.327 e. The summed E-state index contributed by atoms with van der Waals surface area (Å²) in [6.45, 7) is -1.60. The van der Waals surface area contributed by atoms with E-state index in [4.69, 9.17) is 16.3 Å². The van der Waals surface area contributed by atoms with Gasteiger partial charge in [-0.15, -0.1) is 0 Å². The molecule has 10 nitrogen and oxygen atoms in total. The zero-order valence-corrected chi connectivity index (χ0v) is 16.1. The number of nitrogens with zero attached hydrogens (tertiary/aromatic N) is 3. The molecule has 1 aliphatic heterocycles. The lowest BCUT2D eigenvalue weighted by molar-refractivity contribution is -0.153. The van der Waals surface area contributed by atoms with Crippen LogP contribution in [0.15, 0.2) is 24.3 Å². The molecule has 0 spiro atoms. The Morgan fingerprint density at radius 2 is 1.93 bits per heavy atom. The van der Waals surface area contributed by atoms with Gasteiger partial charge < -0.3 is 19.9 Å². The maximum atomic E-state index is 12.0. The normalized spacial score (nSPS) is 13.5. The number of anilines is 1. The fourth-order valence-electron chi connectivity index (χ4n) is 2.31. The number of halogens is 1. The summed E-state index contributed by atoms with van der Waals surface area (Å²) in [5, 5.41) is 2.92. The first-order chi connectivity index (χ1) is 13.2. The van der Waals surface area contributed by atoms with Crippen molar-refractivity contribution in [3.05, 3.63) is 29.3 Å². The van der Waals surface area contributed by atoms with Crippen molar-refractivity contribution < 1.29 is 28.7 Å². The van der Waals surface area contributed by atoms with Crippen LogP contribution in [0.5, 0.6) is 0 Å². The molecule has 0 aromatic heterocycles. The minimum atomic E-state index is -0.903. The minimum absolute atomic E-state index is 0.117. The number of rotatable bonds is 7. The van der Waals surface area contributed by atoms with Gasteiger partial charge in [-0.05, 0) is 12.1 Å². The number of likely N-dealkylation sites (N-methyl/N-ethyl adjacent to an activating group) is 2. The molecular weight excluding hydrogens is 392 g/mol. The molecule has 5 amide bonds. The molecule has 2 rings (SSSR count). The Labute approximate surface area is 165 Å². The number of esters is 1. The van der Waals surface area contributed by atoms with Gasteiger partial charge >= 0.3 is 12.0 Å². The average Bonchev–Trinajstić information content (AvgIpc) is 2.87. The number of carbonyl (C=O) groups is 5. The maximum Gasteiger partial charge on any atom is 0.327 e. The molecule has 1 saturated heterocycles. The van der Waals surface area contributed by atoms with E-state index < -0.39 is 42.9 Å². The van der Waals surface area contributed by atoms with E-state index in [1.54, 1.807) is 24.3 Å². The Morgan fingerprint density at radius 1 is 1.25 bits per heavy atom. The van der Waals surface area contributed by atoms with Crippen molar-refractivity contribution in [1.29, 1.82) is 0 Å². The van der Waals surface area contributed by atoms with E-state index in [2.05, 4.69) is 5.32 Å². The highest BCUT2D eigenvalue weighted by Gasteiger charge is 2.35. The van der Waals surface area contributed by atoms with Crippen molar-refractivity contribution in [2.75, 3.05) is 45.7 Å². The summed E-state index contributed by atoms with van der Waals surface area (Å²) in [4.78, 5) is 62.0. The molecule has 1 aromatic rings. The topological polar surface area (TPSA) is 116 Å². The third-order valence-corrected chi connectivity index (χ3v) is 4.16. The van der Waals surface area contributed by atoms with E-state index >= 15 is 0 Å². The molecule has 1 aliphatic rings. The number of amides is 5. The van der Waals surface area contributed by atoms with Gasteiger partial charge in [0, 0.05) is 14.1 Å². The summed E-state index contributed by atoms with van der Waals surface area (Å²) in [7, 11) is 2.79. The van der Waals surface area contributed by atoms with Gasteiger partial charge in [-0.2, -0.15) is 0 Å². The van der Waals surface area contributed by atoms with Crippen molar-refractivity contribution in [2.45, 2.75) is 0 Å². The van der Waals surface area contributed by atoms with Crippen LogP contribution in [-0.4, -0.2) is 84.8 Å². The van der Waals surface area contributed by atoms with Gasteiger partial charge in [0.05, 0.1) is 17.3 Å². The number of benzene rings is 1. The molecule has 11 heteroatoms. The second-order valence-electron chi connectivity index (χ2n) is 6.06. The molecule has 0 bridgehead atoms. The Kier molecular flexibility index (Phi) is 6.94. The van der Waals surface area contributed by atoms with Gasteiger partial charge in [-0.25, -0.2) is 4.79 Å². The lowest BCUT2D eigenvalue weighted by atomic mass is 10.3. The van der Waals surface area contributed by atoms with Gasteiger partial charge in [-0.1, -0.05) is 23.7 Å². The van der Waals surface area contributed by atoms with Crippen molar-refractivity contribution in [1.82, 2.24) is 14.7 Å². The first-order valence-corrected chi connectivity index (χ1v) is 8.56. The van der Waals surface area contributed by atoms with Gasteiger partial charge in [-0.3, -0.25) is 24.1 Å². The quantitative estimate of drug-likeness (QED) is 0.506. The van der Waals surface area contributed by atoms with Gasteiger partial charge in [0.1, 0.15) is 13.1 Å². The number of nitrogens with one attached hydrogen (secondary N) is 1. The van der Waals surface area contributed by atoms with Crippen LogP contribution < -0.4 is 5.32 Å². The lowest BCUT2D eigenvalue weighted by Crippen LogP contribution is -2.40. The molecule has 150 valence electrons. The number of hydrogen-bond donors (Lipinski definition) is 1. The molecule has 1 heterocycles. The van der Waals surface area contributed by atoms with Crippen LogP contribution >= 0.6 is 11.6 Å². The van der Waals surface area contributed by atoms with Gasteiger partial charge in [0.2, 0.25) is 5.91 Å². The zero-order chi connectivity index (χ0) is 20.8. The second kappa shape index (κ2) is 9.18. The van der Waals surface area contributed by atoms with Crippen LogP contribution in [0, 0.1) is 0 Å². The van der Waals surface area contributed by atoms with E-state index in [1.165, 1.54) is 14.1 Å². The first kappa shape index (κ1) is 21.2. The number of urea groups is 1. The molecule has 1 fully saturated rings. The molecule has 0 saturated carbocycles. The SMILES string of the molecule is CN(CC(=O)Nc1ccccc1Cl)C(=O)COC(=O)CN1C(=O)CN(C)C1=O. The number of carbonyl (C=O) groups excluding carboxylic acids is 5. The number of ether oxygens (including phenoxy) is 1. The molecule has 1 N–H and O–H groups in total. The lowest BCUT2D eigenvalue weighted by Gasteiger charge is -2.18. The van der Waals surface area contributed by atoms with Crippen LogP contribution in [0.2, 0.25) is 5.02 Å². The van der Waals surface area contributed by atoms with Crippen molar-refractivity contribution in [3.8, 4) is 0 Å². The van der Waals surface area contributed by atoms with Crippen LogP contribution in [-0.2, 0) is 23.9 Å². The molecule has 1 aromatic carbocycles. The molecular formula is C17H19ClN4O6. The van der Waals surface area contributed by atoms with E-state index in [0.29, 0.717) is 10.7 Å². The molecule has 0 radical (unpaired) electrons. The highest BCUT2D eigenvalue weighted by Crippen LogP contribution is 2.20. The number of hydrogen-bond acceptors (Lipinski definition) is 6. The van der Waals surface area contributed by atoms with Crippen molar-refractivity contribution >= 4 is 47.0 Å². The predicted octanol–water partition coefficient (Wildman–Crippen LogP) is 0.174. The van der Waals surface area contributed by atoms with Crippen molar-refractivity contribution in [3.63, 3.8) is 0 Å². The summed E-state index contributed by atoms with van der Waals surface area (Å²) in [5.74, 6) is -2.53. The van der Waals surface area contributed by atoms with Crippen molar-refractivity contribution in [2.24, 2.45) is 0 Å². The standard InChI is InChI=1S/C17H19ClN4O6/c1-20(7-13(23)19-12-6-4-3-5-11(12)18)15(25)10-28-16(26)9-22-14(24)8-21(2)17(22)27/h3-6H,7-10H2,1-2H3,(H,19,23). The monoisotopic (exact) mass is 410 g/mol.